The summed E-state index contributed by atoms with van der Waals surface area (Å²) in [5.41, 5.74) is 0. The molecule has 0 saturated carbocycles. The zero-order chi connectivity index (χ0) is 22.7. The van der Waals surface area contributed by atoms with E-state index in [4.69, 9.17) is 28.2 Å². The summed E-state index contributed by atoms with van der Waals surface area (Å²) < 4.78 is 23.1. The van der Waals surface area contributed by atoms with Crippen molar-refractivity contribution in [2.24, 2.45) is 0 Å². The lowest BCUT2D eigenvalue weighted by Gasteiger charge is -2.17. The zero-order valence-corrected chi connectivity index (χ0v) is 21.5. The minimum atomic E-state index is -2.03. The third-order valence-corrected chi connectivity index (χ3v) is 6.88. The number of unbranched alkanes of at least 4 members (excludes halogenated alkanes) is 14. The molecule has 0 spiro atoms. The van der Waals surface area contributed by atoms with E-state index in [1.54, 1.807) is 7.11 Å². The van der Waals surface area contributed by atoms with Gasteiger partial charge in [0.25, 0.3) is 0 Å². The van der Waals surface area contributed by atoms with Gasteiger partial charge in [0.15, 0.2) is 0 Å². The fourth-order valence-electron chi connectivity index (χ4n) is 3.40. The van der Waals surface area contributed by atoms with Gasteiger partial charge in [-0.3, -0.25) is 0 Å². The van der Waals surface area contributed by atoms with Crippen molar-refractivity contribution in [3.05, 3.63) is 0 Å². The zero-order valence-electron chi connectivity index (χ0n) is 20.4. The average Bonchev–Trinajstić information content (AvgIpc) is 2.78. The number of rotatable bonds is 27. The van der Waals surface area contributed by atoms with Crippen LogP contribution in [0.4, 0.5) is 0 Å². The van der Waals surface area contributed by atoms with Crippen LogP contribution in [0.25, 0.3) is 0 Å². The molecule has 0 bridgehead atoms. The van der Waals surface area contributed by atoms with Crippen LogP contribution in [0, 0.1) is 0 Å². The maximum atomic E-state index is 8.83. The quantitative estimate of drug-likeness (QED) is 0.131. The molecule has 0 heterocycles. The molecular weight excluding hydrogens is 412 g/mol. The van der Waals surface area contributed by atoms with E-state index in [1.165, 1.54) is 44.9 Å². The smallest absolute Gasteiger partial charge is 0.396 e. The van der Waals surface area contributed by atoms with E-state index in [0.717, 1.165) is 90.6 Å². The molecule has 188 valence electrons. The summed E-state index contributed by atoms with van der Waals surface area (Å²) in [5.74, 6) is 0. The second-order valence-corrected chi connectivity index (χ2v) is 9.93. The van der Waals surface area contributed by atoms with Crippen molar-refractivity contribution in [3.8, 4) is 0 Å². The highest BCUT2D eigenvalue weighted by molar-refractivity contribution is 6.36. The minimum absolute atomic E-state index is 0.293. The molecule has 0 aliphatic rings. The average molecular weight is 465 g/mol. The van der Waals surface area contributed by atoms with Crippen LogP contribution in [-0.4, -0.2) is 66.5 Å². The summed E-state index contributed by atoms with van der Waals surface area (Å²) in [7, 11) is -0.270. The Morgan fingerprint density at radius 1 is 0.419 bits per heavy atom. The van der Waals surface area contributed by atoms with Crippen molar-refractivity contribution in [2.45, 2.75) is 109 Å². The molecule has 0 aliphatic heterocycles. The molecule has 31 heavy (non-hydrogen) atoms. The molecule has 0 fully saturated rings. The molecule has 2 N–H and O–H groups in total. The monoisotopic (exact) mass is 464 g/mol. The lowest BCUT2D eigenvalue weighted by Crippen LogP contribution is -2.28. The third-order valence-electron chi connectivity index (χ3n) is 5.36. The van der Waals surface area contributed by atoms with Gasteiger partial charge < -0.3 is 28.2 Å². The molecule has 7 heteroatoms. The standard InChI is InChI=1S/C24H52O6Si/c1-27-21-15-9-4-5-11-17-23-29-31(30-24-18-12-6-8-14-20-26)28-22-16-10-3-2-7-13-19-25/h25-26,31H,2-24H2,1H3. The van der Waals surface area contributed by atoms with Crippen molar-refractivity contribution < 1.29 is 28.2 Å². The second-order valence-electron chi connectivity index (χ2n) is 8.35. The Kier molecular flexibility index (Phi) is 28.0. The minimum Gasteiger partial charge on any atom is -0.396 e. The lowest BCUT2D eigenvalue weighted by atomic mass is 10.1. The van der Waals surface area contributed by atoms with E-state index in [2.05, 4.69) is 0 Å². The highest BCUT2D eigenvalue weighted by Crippen LogP contribution is 2.09. The Morgan fingerprint density at radius 2 is 0.710 bits per heavy atom. The van der Waals surface area contributed by atoms with Gasteiger partial charge in [-0.15, -0.1) is 0 Å². The van der Waals surface area contributed by atoms with Gasteiger partial charge in [0, 0.05) is 46.8 Å². The van der Waals surface area contributed by atoms with Gasteiger partial charge in [0.1, 0.15) is 0 Å². The Bertz CT molecular complexity index is 322. The molecule has 0 aromatic carbocycles. The van der Waals surface area contributed by atoms with Gasteiger partial charge in [0.05, 0.1) is 0 Å². The Morgan fingerprint density at radius 3 is 1.03 bits per heavy atom. The van der Waals surface area contributed by atoms with Crippen molar-refractivity contribution in [3.63, 3.8) is 0 Å². The van der Waals surface area contributed by atoms with Crippen molar-refractivity contribution in [1.29, 1.82) is 0 Å². The summed E-state index contributed by atoms with van der Waals surface area (Å²) in [6.45, 7) is 3.66. The molecule has 0 aromatic rings. The Balaban J connectivity index is 3.81. The summed E-state index contributed by atoms with van der Waals surface area (Å²) in [6.07, 6.45) is 19.2. The van der Waals surface area contributed by atoms with Crippen LogP contribution in [0.1, 0.15) is 109 Å². The predicted molar refractivity (Wildman–Crippen MR) is 130 cm³/mol. The normalized spacial score (nSPS) is 12.5. The Hall–Kier alpha value is -0.0231. The number of hydrogen-bond acceptors (Lipinski definition) is 6. The van der Waals surface area contributed by atoms with Gasteiger partial charge in [-0.1, -0.05) is 70.6 Å². The fourth-order valence-corrected chi connectivity index (χ4v) is 4.77. The molecular formula is C24H52O6Si. The van der Waals surface area contributed by atoms with E-state index in [0.29, 0.717) is 13.2 Å². The highest BCUT2D eigenvalue weighted by atomic mass is 28.3. The van der Waals surface area contributed by atoms with Gasteiger partial charge in [-0.2, -0.15) is 0 Å². The molecule has 1 atom stereocenters. The summed E-state index contributed by atoms with van der Waals surface area (Å²) in [6, 6.07) is 0. The molecule has 0 aromatic heterocycles. The second kappa shape index (κ2) is 28.0. The van der Waals surface area contributed by atoms with E-state index in [9.17, 15) is 0 Å². The topological polar surface area (TPSA) is 77.4 Å². The summed E-state index contributed by atoms with van der Waals surface area (Å²) in [5, 5.41) is 17.6. The molecule has 0 amide bonds. The van der Waals surface area contributed by atoms with Crippen LogP contribution in [0.3, 0.4) is 0 Å². The summed E-state index contributed by atoms with van der Waals surface area (Å²) >= 11 is 0. The van der Waals surface area contributed by atoms with Crippen LogP contribution < -0.4 is 0 Å². The molecule has 0 rings (SSSR count). The molecule has 0 saturated heterocycles. The van der Waals surface area contributed by atoms with Crippen LogP contribution in [0.2, 0.25) is 0 Å². The lowest BCUT2D eigenvalue weighted by molar-refractivity contribution is 0.0885. The first kappa shape index (κ1) is 31.0. The van der Waals surface area contributed by atoms with Crippen LogP contribution in [-0.2, 0) is 18.0 Å². The van der Waals surface area contributed by atoms with E-state index in [-0.39, 0.29) is 0 Å². The van der Waals surface area contributed by atoms with Gasteiger partial charge in [0.2, 0.25) is 0 Å². The van der Waals surface area contributed by atoms with Gasteiger partial charge >= 0.3 is 9.53 Å². The number of hydrogen-bond donors (Lipinski definition) is 2. The van der Waals surface area contributed by atoms with Crippen LogP contribution in [0.5, 0.6) is 0 Å². The predicted octanol–water partition coefficient (Wildman–Crippen LogP) is 5.02. The van der Waals surface area contributed by atoms with Gasteiger partial charge in [-0.05, 0) is 38.5 Å². The van der Waals surface area contributed by atoms with Crippen molar-refractivity contribution in [2.75, 3.05) is 46.8 Å². The van der Waals surface area contributed by atoms with Crippen LogP contribution in [0.15, 0.2) is 0 Å². The molecule has 6 nitrogen and oxygen atoms in total. The fraction of sp³-hybridized carbons (Fsp3) is 1.00. The number of ether oxygens (including phenoxy) is 1. The number of methoxy groups -OCH3 is 1. The first-order valence-corrected chi connectivity index (χ1v) is 14.3. The first-order chi connectivity index (χ1) is 15.3. The van der Waals surface area contributed by atoms with Crippen LogP contribution >= 0.6 is 0 Å². The van der Waals surface area contributed by atoms with Crippen molar-refractivity contribution in [1.82, 2.24) is 0 Å². The third kappa shape index (κ3) is 26.1. The molecule has 0 aliphatic carbocycles. The molecule has 1 unspecified atom stereocenters. The first-order valence-electron chi connectivity index (χ1n) is 12.9. The molecule has 0 radical (unpaired) electrons. The Labute approximate surface area is 194 Å². The number of aliphatic hydroxyl groups is 2. The van der Waals surface area contributed by atoms with E-state index in [1.807, 2.05) is 0 Å². The summed E-state index contributed by atoms with van der Waals surface area (Å²) in [4.78, 5) is 0. The maximum Gasteiger partial charge on any atom is 0.484 e. The maximum absolute atomic E-state index is 8.83. The SMILES string of the molecule is COCCCCCCCCO[SiH](OCCCCCCCO)OCCCCCCCCO. The van der Waals surface area contributed by atoms with E-state index < -0.39 is 9.53 Å². The largest absolute Gasteiger partial charge is 0.484 e. The van der Waals surface area contributed by atoms with Crippen molar-refractivity contribution >= 4 is 9.53 Å². The van der Waals surface area contributed by atoms with Gasteiger partial charge in [-0.25, -0.2) is 0 Å². The highest BCUT2D eigenvalue weighted by Gasteiger charge is 2.15. The van der Waals surface area contributed by atoms with E-state index >= 15 is 0 Å². The number of aliphatic hydroxyl groups excluding tert-OH is 2.